The van der Waals surface area contributed by atoms with Crippen LogP contribution < -0.4 is 5.43 Å². The lowest BCUT2D eigenvalue weighted by Gasteiger charge is -2.55. The fourth-order valence-electron chi connectivity index (χ4n) is 4.27. The number of amides is 1. The second-order valence-corrected chi connectivity index (χ2v) is 7.77. The second-order valence-electron chi connectivity index (χ2n) is 7.77. The summed E-state index contributed by atoms with van der Waals surface area (Å²) in [5.41, 5.74) is 6.57. The Morgan fingerprint density at radius 3 is 2.92 bits per heavy atom. The number of aromatic nitrogens is 1. The highest BCUT2D eigenvalue weighted by Gasteiger charge is 2.50. The molecule has 2 atom stereocenters. The summed E-state index contributed by atoms with van der Waals surface area (Å²) in [6.07, 6.45) is 6.46. The summed E-state index contributed by atoms with van der Waals surface area (Å²) in [5, 5.41) is 5.08. The van der Waals surface area contributed by atoms with Crippen molar-refractivity contribution >= 4 is 23.0 Å². The average molecular weight is 333 g/mol. The lowest BCUT2D eigenvalue weighted by atomic mass is 9.49. The molecule has 2 unspecified atom stereocenters. The SMILES string of the molecule is Cc1cc(C(=O)N/N=C/C2=CCC3CC2C3(C)C)c2ccccc2n1. The van der Waals surface area contributed by atoms with Gasteiger partial charge in [-0.3, -0.25) is 9.78 Å². The van der Waals surface area contributed by atoms with Crippen molar-refractivity contribution in [3.63, 3.8) is 0 Å². The molecule has 4 nitrogen and oxygen atoms in total. The number of carbonyl (C=O) groups is 1. The van der Waals surface area contributed by atoms with Crippen LogP contribution >= 0.6 is 0 Å². The van der Waals surface area contributed by atoms with E-state index in [1.54, 1.807) is 0 Å². The normalized spacial score (nSPS) is 24.0. The summed E-state index contributed by atoms with van der Waals surface area (Å²) >= 11 is 0. The molecule has 3 aliphatic carbocycles. The molecule has 1 N–H and O–H groups in total. The zero-order chi connectivity index (χ0) is 17.6. The largest absolute Gasteiger partial charge is 0.272 e. The topological polar surface area (TPSA) is 54.4 Å². The molecule has 1 heterocycles. The number of carbonyl (C=O) groups excluding carboxylic acids is 1. The van der Waals surface area contributed by atoms with Crippen molar-refractivity contribution in [2.45, 2.75) is 33.6 Å². The van der Waals surface area contributed by atoms with Gasteiger partial charge in [-0.25, -0.2) is 5.43 Å². The molecule has 0 radical (unpaired) electrons. The maximum Gasteiger partial charge on any atom is 0.272 e. The molecule has 5 rings (SSSR count). The Morgan fingerprint density at radius 2 is 2.16 bits per heavy atom. The van der Waals surface area contributed by atoms with Gasteiger partial charge in [0.05, 0.1) is 17.3 Å². The number of hydrogen-bond acceptors (Lipinski definition) is 3. The summed E-state index contributed by atoms with van der Waals surface area (Å²) in [4.78, 5) is 17.1. The van der Waals surface area contributed by atoms with E-state index in [0.29, 0.717) is 16.9 Å². The van der Waals surface area contributed by atoms with E-state index < -0.39 is 0 Å². The number of pyridine rings is 1. The van der Waals surface area contributed by atoms with Crippen LogP contribution in [0.15, 0.2) is 47.1 Å². The van der Waals surface area contributed by atoms with E-state index in [1.165, 1.54) is 12.0 Å². The molecule has 1 amide bonds. The summed E-state index contributed by atoms with van der Waals surface area (Å²) in [5.74, 6) is 1.17. The standard InChI is InChI=1S/C21H23N3O/c1-13-10-17(16-6-4-5-7-19(16)23-13)20(25)24-22-12-14-8-9-15-11-18(14)21(15,2)3/h4-8,10,12,15,18H,9,11H2,1-3H3,(H,24,25)/b22-12+. The quantitative estimate of drug-likeness (QED) is 0.674. The van der Waals surface area contributed by atoms with Crippen LogP contribution in [0.3, 0.4) is 0 Å². The zero-order valence-electron chi connectivity index (χ0n) is 14.9. The highest BCUT2D eigenvalue weighted by molar-refractivity contribution is 6.06. The van der Waals surface area contributed by atoms with E-state index >= 15 is 0 Å². The first-order chi connectivity index (χ1) is 12.0. The summed E-state index contributed by atoms with van der Waals surface area (Å²) in [6.45, 7) is 6.56. The second kappa shape index (κ2) is 5.80. The third kappa shape index (κ3) is 2.66. The first-order valence-corrected chi connectivity index (χ1v) is 8.86. The summed E-state index contributed by atoms with van der Waals surface area (Å²) in [7, 11) is 0. The van der Waals surface area contributed by atoms with Crippen molar-refractivity contribution in [2.24, 2.45) is 22.4 Å². The predicted octanol–water partition coefficient (Wildman–Crippen LogP) is 4.25. The number of hydrogen-bond donors (Lipinski definition) is 1. The molecule has 1 aromatic carbocycles. The molecule has 1 fully saturated rings. The molecule has 1 aromatic heterocycles. The van der Waals surface area contributed by atoms with Crippen LogP contribution in [0.4, 0.5) is 0 Å². The van der Waals surface area contributed by atoms with E-state index in [0.717, 1.165) is 28.9 Å². The highest BCUT2D eigenvalue weighted by atomic mass is 16.2. The smallest absolute Gasteiger partial charge is 0.267 e. The predicted molar refractivity (Wildman–Crippen MR) is 101 cm³/mol. The zero-order valence-corrected chi connectivity index (χ0v) is 14.9. The van der Waals surface area contributed by atoms with Crippen molar-refractivity contribution in [3.8, 4) is 0 Å². The van der Waals surface area contributed by atoms with Crippen molar-refractivity contribution < 1.29 is 4.79 Å². The van der Waals surface area contributed by atoms with Crippen molar-refractivity contribution in [2.75, 3.05) is 0 Å². The van der Waals surface area contributed by atoms with Crippen LogP contribution in [-0.2, 0) is 0 Å². The number of hydrazone groups is 1. The molecule has 3 aliphatic rings. The minimum Gasteiger partial charge on any atom is -0.267 e. The van der Waals surface area contributed by atoms with Gasteiger partial charge in [-0.15, -0.1) is 0 Å². The van der Waals surface area contributed by atoms with Gasteiger partial charge in [0, 0.05) is 11.1 Å². The van der Waals surface area contributed by atoms with E-state index in [1.807, 2.05) is 43.5 Å². The lowest BCUT2D eigenvalue weighted by Crippen LogP contribution is -2.48. The first kappa shape index (κ1) is 16.0. The Morgan fingerprint density at radius 1 is 1.36 bits per heavy atom. The third-order valence-corrected chi connectivity index (χ3v) is 5.98. The van der Waals surface area contributed by atoms with Gasteiger partial charge in [0.25, 0.3) is 5.91 Å². The molecule has 0 aliphatic heterocycles. The Kier molecular flexibility index (Phi) is 3.71. The molecule has 2 bridgehead atoms. The van der Waals surface area contributed by atoms with Gasteiger partial charge in [-0.1, -0.05) is 38.1 Å². The van der Waals surface area contributed by atoms with Crippen LogP contribution in [0.2, 0.25) is 0 Å². The van der Waals surface area contributed by atoms with Gasteiger partial charge in [0.1, 0.15) is 0 Å². The minimum atomic E-state index is -0.194. The van der Waals surface area contributed by atoms with E-state index in [2.05, 4.69) is 35.4 Å². The Bertz CT molecular complexity index is 910. The fourth-order valence-corrected chi connectivity index (χ4v) is 4.27. The Balaban J connectivity index is 1.53. The summed E-state index contributed by atoms with van der Waals surface area (Å²) < 4.78 is 0. The van der Waals surface area contributed by atoms with Crippen LogP contribution in [0.1, 0.15) is 42.7 Å². The molecule has 1 saturated carbocycles. The van der Waals surface area contributed by atoms with Crippen LogP contribution in [0.25, 0.3) is 10.9 Å². The van der Waals surface area contributed by atoms with Crippen molar-refractivity contribution in [3.05, 3.63) is 53.2 Å². The van der Waals surface area contributed by atoms with Gasteiger partial charge < -0.3 is 0 Å². The van der Waals surface area contributed by atoms with Gasteiger partial charge in [0.2, 0.25) is 0 Å². The number of nitrogens with zero attached hydrogens (tertiary/aromatic N) is 2. The number of rotatable bonds is 3. The molecule has 0 spiro atoms. The van der Waals surface area contributed by atoms with Gasteiger partial charge in [0.15, 0.2) is 0 Å². The maximum atomic E-state index is 12.6. The van der Waals surface area contributed by atoms with Crippen LogP contribution in [-0.4, -0.2) is 17.1 Å². The van der Waals surface area contributed by atoms with Gasteiger partial charge >= 0.3 is 0 Å². The number of aryl methyl sites for hydroxylation is 1. The molecular weight excluding hydrogens is 310 g/mol. The van der Waals surface area contributed by atoms with E-state index in [-0.39, 0.29) is 5.91 Å². The monoisotopic (exact) mass is 333 g/mol. The van der Waals surface area contributed by atoms with Crippen LogP contribution in [0, 0.1) is 24.2 Å². The van der Waals surface area contributed by atoms with E-state index in [9.17, 15) is 4.79 Å². The summed E-state index contributed by atoms with van der Waals surface area (Å²) in [6, 6.07) is 9.50. The van der Waals surface area contributed by atoms with Crippen LogP contribution in [0.5, 0.6) is 0 Å². The third-order valence-electron chi connectivity index (χ3n) is 5.98. The minimum absolute atomic E-state index is 0.194. The van der Waals surface area contributed by atoms with Gasteiger partial charge in [-0.05, 0) is 54.7 Å². The Hall–Kier alpha value is -2.49. The molecule has 25 heavy (non-hydrogen) atoms. The average Bonchev–Trinajstić information content (AvgIpc) is 2.60. The van der Waals surface area contributed by atoms with Crippen molar-refractivity contribution in [1.29, 1.82) is 0 Å². The number of benzene rings is 1. The molecular formula is C21H23N3O. The molecule has 2 aromatic rings. The number of fused-ring (bicyclic) bond motifs is 2. The fraction of sp³-hybridized carbons (Fsp3) is 0.381. The first-order valence-electron chi connectivity index (χ1n) is 8.86. The van der Waals surface area contributed by atoms with E-state index in [4.69, 9.17) is 0 Å². The number of para-hydroxylation sites is 1. The maximum absolute atomic E-state index is 12.6. The molecule has 4 heteroatoms. The molecule has 128 valence electrons. The lowest BCUT2D eigenvalue weighted by molar-refractivity contribution is -0.00126. The Labute approximate surface area is 148 Å². The number of nitrogens with one attached hydrogen (secondary N) is 1. The van der Waals surface area contributed by atoms with Gasteiger partial charge in [-0.2, -0.15) is 5.10 Å². The highest BCUT2D eigenvalue weighted by Crippen LogP contribution is 2.58. The molecule has 0 saturated heterocycles. The van der Waals surface area contributed by atoms with Crippen molar-refractivity contribution in [1.82, 2.24) is 10.4 Å². The number of allylic oxidation sites excluding steroid dienone is 2.